The van der Waals surface area contributed by atoms with Crippen molar-refractivity contribution in [2.24, 2.45) is 5.92 Å². The number of carbonyl (C=O) groups excluding carboxylic acids is 1. The molecule has 1 aromatic carbocycles. The van der Waals surface area contributed by atoms with Gasteiger partial charge in [-0.3, -0.25) is 4.79 Å². The first-order valence-electron chi connectivity index (χ1n) is 9.53. The van der Waals surface area contributed by atoms with E-state index in [1.807, 2.05) is 19.1 Å². The van der Waals surface area contributed by atoms with Crippen LogP contribution in [0.3, 0.4) is 0 Å². The number of amides is 1. The smallest absolute Gasteiger partial charge is 0.230 e. The van der Waals surface area contributed by atoms with Crippen LogP contribution in [-0.2, 0) is 10.5 Å². The predicted molar refractivity (Wildman–Crippen MR) is 114 cm³/mol. The van der Waals surface area contributed by atoms with Crippen LogP contribution >= 0.6 is 23.5 Å². The molecule has 4 nitrogen and oxygen atoms in total. The fourth-order valence-corrected chi connectivity index (χ4v) is 4.57. The number of nitrogens with zero attached hydrogens (tertiary/aromatic N) is 1. The molecule has 0 spiro atoms. The number of thioether (sulfide) groups is 2. The van der Waals surface area contributed by atoms with Crippen molar-refractivity contribution < 1.29 is 9.21 Å². The lowest BCUT2D eigenvalue weighted by atomic mass is 9.87. The standard InChI is InChI=1S/C21H28N2O2S2/c1-14-4-8-17(9-5-14)22-20(24)13-27-12-19-15(2)25-21(23-19)16-6-10-18(26-3)11-7-16/h6-7,10-11,14,17H,4-5,8-9,12-13H2,1-3H3,(H,22,24). The van der Waals surface area contributed by atoms with Crippen molar-refractivity contribution in [2.45, 2.75) is 56.2 Å². The summed E-state index contributed by atoms with van der Waals surface area (Å²) in [6.07, 6.45) is 6.72. The molecule has 27 heavy (non-hydrogen) atoms. The fourth-order valence-electron chi connectivity index (χ4n) is 3.33. The third kappa shape index (κ3) is 5.79. The van der Waals surface area contributed by atoms with Crippen molar-refractivity contribution in [3.05, 3.63) is 35.7 Å². The highest BCUT2D eigenvalue weighted by molar-refractivity contribution is 7.99. The van der Waals surface area contributed by atoms with E-state index in [1.165, 1.54) is 17.7 Å². The number of benzene rings is 1. The number of carbonyl (C=O) groups is 1. The summed E-state index contributed by atoms with van der Waals surface area (Å²) in [4.78, 5) is 18.0. The van der Waals surface area contributed by atoms with Crippen LogP contribution in [0.2, 0.25) is 0 Å². The molecule has 1 heterocycles. The number of oxazole rings is 1. The van der Waals surface area contributed by atoms with E-state index in [2.05, 4.69) is 35.6 Å². The maximum absolute atomic E-state index is 12.2. The zero-order valence-corrected chi connectivity index (χ0v) is 17.9. The van der Waals surface area contributed by atoms with Crippen LogP contribution in [-0.4, -0.2) is 28.9 Å². The van der Waals surface area contributed by atoms with E-state index in [0.717, 1.165) is 35.8 Å². The normalized spacial score (nSPS) is 19.8. The first kappa shape index (κ1) is 20.3. The summed E-state index contributed by atoms with van der Waals surface area (Å²) < 4.78 is 5.83. The highest BCUT2D eigenvalue weighted by Gasteiger charge is 2.20. The minimum atomic E-state index is 0.133. The van der Waals surface area contributed by atoms with Crippen LogP contribution in [0.4, 0.5) is 0 Å². The van der Waals surface area contributed by atoms with Gasteiger partial charge in [-0.1, -0.05) is 6.92 Å². The molecule has 0 unspecified atom stereocenters. The molecule has 2 aromatic rings. The molecular formula is C21H28N2O2S2. The Morgan fingerprint density at radius 2 is 1.93 bits per heavy atom. The largest absolute Gasteiger partial charge is 0.441 e. The maximum Gasteiger partial charge on any atom is 0.230 e. The molecule has 1 aliphatic rings. The fraction of sp³-hybridized carbons (Fsp3) is 0.524. The Balaban J connectivity index is 1.48. The second-order valence-corrected chi connectivity index (χ2v) is 9.13. The zero-order valence-electron chi connectivity index (χ0n) is 16.3. The minimum absolute atomic E-state index is 0.133. The summed E-state index contributed by atoms with van der Waals surface area (Å²) in [5, 5.41) is 3.18. The van der Waals surface area contributed by atoms with Gasteiger partial charge in [0, 0.05) is 22.3 Å². The van der Waals surface area contributed by atoms with Crippen LogP contribution in [0.5, 0.6) is 0 Å². The van der Waals surface area contributed by atoms with E-state index >= 15 is 0 Å². The van der Waals surface area contributed by atoms with Crippen LogP contribution in [0.1, 0.15) is 44.1 Å². The molecule has 0 aliphatic heterocycles. The van der Waals surface area contributed by atoms with E-state index < -0.39 is 0 Å². The van der Waals surface area contributed by atoms with Gasteiger partial charge in [-0.2, -0.15) is 0 Å². The van der Waals surface area contributed by atoms with Gasteiger partial charge in [-0.15, -0.1) is 23.5 Å². The Morgan fingerprint density at radius 3 is 2.59 bits per heavy atom. The lowest BCUT2D eigenvalue weighted by molar-refractivity contribution is -0.119. The monoisotopic (exact) mass is 404 g/mol. The molecule has 1 N–H and O–H groups in total. The molecule has 1 saturated carbocycles. The van der Waals surface area contributed by atoms with Gasteiger partial charge in [0.1, 0.15) is 5.76 Å². The van der Waals surface area contributed by atoms with Gasteiger partial charge in [0.05, 0.1) is 11.4 Å². The molecule has 1 aliphatic carbocycles. The first-order valence-corrected chi connectivity index (χ1v) is 11.9. The number of hydrogen-bond donors (Lipinski definition) is 1. The molecular weight excluding hydrogens is 376 g/mol. The molecule has 0 atom stereocenters. The van der Waals surface area contributed by atoms with E-state index in [0.29, 0.717) is 23.4 Å². The second-order valence-electron chi connectivity index (χ2n) is 7.27. The molecule has 0 saturated heterocycles. The lowest BCUT2D eigenvalue weighted by Gasteiger charge is -2.26. The predicted octanol–water partition coefficient (Wildman–Crippen LogP) is 5.30. The number of aromatic nitrogens is 1. The third-order valence-electron chi connectivity index (χ3n) is 5.08. The van der Waals surface area contributed by atoms with Crippen molar-refractivity contribution in [1.29, 1.82) is 0 Å². The molecule has 0 bridgehead atoms. The average Bonchev–Trinajstić information content (AvgIpc) is 3.04. The van der Waals surface area contributed by atoms with Gasteiger partial charge < -0.3 is 9.73 Å². The summed E-state index contributed by atoms with van der Waals surface area (Å²) >= 11 is 3.31. The van der Waals surface area contributed by atoms with Crippen LogP contribution < -0.4 is 5.32 Å². The molecule has 1 fully saturated rings. The van der Waals surface area contributed by atoms with E-state index in [9.17, 15) is 4.79 Å². The lowest BCUT2D eigenvalue weighted by Crippen LogP contribution is -2.38. The number of hydrogen-bond acceptors (Lipinski definition) is 5. The van der Waals surface area contributed by atoms with Gasteiger partial charge in [0.15, 0.2) is 0 Å². The van der Waals surface area contributed by atoms with Crippen molar-refractivity contribution in [1.82, 2.24) is 10.3 Å². The summed E-state index contributed by atoms with van der Waals surface area (Å²) in [5.74, 6) is 3.57. The Kier molecular flexibility index (Phi) is 7.30. The Bertz CT molecular complexity index is 750. The third-order valence-corrected chi connectivity index (χ3v) is 6.77. The van der Waals surface area contributed by atoms with Crippen molar-refractivity contribution in [2.75, 3.05) is 12.0 Å². The minimum Gasteiger partial charge on any atom is -0.441 e. The van der Waals surface area contributed by atoms with E-state index in [1.54, 1.807) is 23.5 Å². The maximum atomic E-state index is 12.2. The van der Waals surface area contributed by atoms with Gasteiger partial charge in [-0.25, -0.2) is 4.98 Å². The van der Waals surface area contributed by atoms with Crippen LogP contribution in [0, 0.1) is 12.8 Å². The van der Waals surface area contributed by atoms with Crippen LogP contribution in [0.15, 0.2) is 33.6 Å². The van der Waals surface area contributed by atoms with Gasteiger partial charge in [-0.05, 0) is 69.0 Å². The number of nitrogens with one attached hydrogen (secondary N) is 1. The zero-order chi connectivity index (χ0) is 19.2. The summed E-state index contributed by atoms with van der Waals surface area (Å²) in [5.41, 5.74) is 1.90. The molecule has 1 amide bonds. The van der Waals surface area contributed by atoms with Gasteiger partial charge in [0.25, 0.3) is 0 Å². The Labute approximate surface area is 170 Å². The van der Waals surface area contributed by atoms with Crippen LogP contribution in [0.25, 0.3) is 11.5 Å². The van der Waals surface area contributed by atoms with Crippen molar-refractivity contribution in [3.8, 4) is 11.5 Å². The topological polar surface area (TPSA) is 55.1 Å². The van der Waals surface area contributed by atoms with Gasteiger partial charge in [0.2, 0.25) is 11.8 Å². The quantitative estimate of drug-likeness (QED) is 0.635. The van der Waals surface area contributed by atoms with Crippen molar-refractivity contribution >= 4 is 29.4 Å². The van der Waals surface area contributed by atoms with Crippen molar-refractivity contribution in [3.63, 3.8) is 0 Å². The molecule has 146 valence electrons. The molecule has 6 heteroatoms. The SMILES string of the molecule is CSc1ccc(-c2nc(CSCC(=O)NC3CCC(C)CC3)c(C)o2)cc1. The molecule has 0 radical (unpaired) electrons. The summed E-state index contributed by atoms with van der Waals surface area (Å²) in [6, 6.07) is 8.58. The summed E-state index contributed by atoms with van der Waals surface area (Å²) in [6.45, 7) is 4.23. The number of rotatable bonds is 7. The average molecular weight is 405 g/mol. The Hall–Kier alpha value is -1.40. The molecule has 3 rings (SSSR count). The number of aryl methyl sites for hydroxylation is 1. The molecule has 1 aromatic heterocycles. The Morgan fingerprint density at radius 1 is 1.22 bits per heavy atom. The second kappa shape index (κ2) is 9.69. The highest BCUT2D eigenvalue weighted by Crippen LogP contribution is 2.26. The highest BCUT2D eigenvalue weighted by atomic mass is 32.2. The summed E-state index contributed by atoms with van der Waals surface area (Å²) in [7, 11) is 0. The van der Waals surface area contributed by atoms with E-state index in [-0.39, 0.29) is 5.91 Å². The first-order chi connectivity index (χ1) is 13.0. The van der Waals surface area contributed by atoms with Gasteiger partial charge >= 0.3 is 0 Å². The van der Waals surface area contributed by atoms with E-state index in [4.69, 9.17) is 4.42 Å².